The number of rotatable bonds is 9. The van der Waals surface area contributed by atoms with Crippen LogP contribution in [-0.2, 0) is 5.75 Å². The van der Waals surface area contributed by atoms with Crippen molar-refractivity contribution < 1.29 is 9.36 Å². The number of pyridine rings is 1. The highest BCUT2D eigenvalue weighted by atomic mass is 32.2. The zero-order valence-corrected chi connectivity index (χ0v) is 16.4. The smallest absolute Gasteiger partial charge is 0.289 e. The van der Waals surface area contributed by atoms with Crippen molar-refractivity contribution in [1.29, 1.82) is 0 Å². The number of nitrogens with one attached hydrogen (secondary N) is 1. The molecule has 0 atom stereocenters. The summed E-state index contributed by atoms with van der Waals surface area (Å²) in [7, 11) is 0. The molecule has 0 bridgehead atoms. The zero-order chi connectivity index (χ0) is 19.6. The molecule has 0 aliphatic rings. The standard InChI is InChI=1S/C24H22N2OS/c1-2-16-25-24(28-19-20-12-6-3-7-13-20)22(26-17-10-5-11-18-26)23(27)21-14-8-4-9-15-21/h2-15,17-18H,1,16,19H2/p+1. The van der Waals surface area contributed by atoms with Crippen LogP contribution in [0, 0.1) is 0 Å². The van der Waals surface area contributed by atoms with E-state index in [4.69, 9.17) is 0 Å². The van der Waals surface area contributed by atoms with Gasteiger partial charge in [-0.25, -0.2) is 0 Å². The van der Waals surface area contributed by atoms with Gasteiger partial charge in [0.15, 0.2) is 12.4 Å². The fourth-order valence-electron chi connectivity index (χ4n) is 2.71. The van der Waals surface area contributed by atoms with E-state index < -0.39 is 0 Å². The van der Waals surface area contributed by atoms with Gasteiger partial charge in [-0.15, -0.1) is 6.58 Å². The van der Waals surface area contributed by atoms with E-state index in [9.17, 15) is 4.79 Å². The normalized spacial score (nSPS) is 11.4. The molecule has 0 radical (unpaired) electrons. The highest BCUT2D eigenvalue weighted by Gasteiger charge is 2.27. The van der Waals surface area contributed by atoms with E-state index >= 15 is 0 Å². The summed E-state index contributed by atoms with van der Waals surface area (Å²) in [4.78, 5) is 13.4. The topological polar surface area (TPSA) is 33.0 Å². The minimum absolute atomic E-state index is 0.0241. The van der Waals surface area contributed by atoms with Crippen molar-refractivity contribution in [2.75, 3.05) is 6.54 Å². The van der Waals surface area contributed by atoms with Crippen LogP contribution >= 0.6 is 11.8 Å². The molecule has 4 heteroatoms. The summed E-state index contributed by atoms with van der Waals surface area (Å²) in [6.07, 6.45) is 5.59. The molecule has 0 spiro atoms. The lowest BCUT2D eigenvalue weighted by Gasteiger charge is -2.12. The van der Waals surface area contributed by atoms with E-state index in [1.807, 2.05) is 83.7 Å². The van der Waals surface area contributed by atoms with E-state index in [0.717, 1.165) is 10.8 Å². The maximum atomic E-state index is 13.4. The fraction of sp³-hybridized carbons (Fsp3) is 0.0833. The average Bonchev–Trinajstić information content (AvgIpc) is 2.77. The molecule has 0 saturated carbocycles. The molecule has 0 amide bonds. The third kappa shape index (κ3) is 5.21. The average molecular weight is 388 g/mol. The first-order valence-electron chi connectivity index (χ1n) is 9.12. The predicted molar refractivity (Wildman–Crippen MR) is 117 cm³/mol. The molecule has 0 aliphatic carbocycles. The summed E-state index contributed by atoms with van der Waals surface area (Å²) < 4.78 is 1.87. The van der Waals surface area contributed by atoms with Crippen molar-refractivity contribution in [2.24, 2.45) is 0 Å². The van der Waals surface area contributed by atoms with Gasteiger partial charge in [-0.3, -0.25) is 4.79 Å². The third-order valence-corrected chi connectivity index (χ3v) is 5.18. The SMILES string of the molecule is C=CCN/C(SCc1ccccc1)=C(\C(=O)c1ccccc1)[n+]1ccccc1. The number of hydrogen-bond acceptors (Lipinski definition) is 3. The number of thioether (sulfide) groups is 1. The zero-order valence-electron chi connectivity index (χ0n) is 15.6. The number of Topliss-reactive ketones (excluding diaryl/α,β-unsaturated/α-hetero) is 1. The molecule has 0 aliphatic heterocycles. The molecular weight excluding hydrogens is 364 g/mol. The Bertz CT molecular complexity index is 938. The summed E-state index contributed by atoms with van der Waals surface area (Å²) in [6, 6.07) is 25.4. The number of benzene rings is 2. The number of carbonyl (C=O) groups is 1. The number of nitrogens with zero attached hydrogens (tertiary/aromatic N) is 1. The van der Waals surface area contributed by atoms with E-state index in [-0.39, 0.29) is 5.78 Å². The van der Waals surface area contributed by atoms with E-state index in [0.29, 0.717) is 17.8 Å². The largest absolute Gasteiger partial charge is 0.371 e. The molecular formula is C24H23N2OS+. The first kappa shape index (κ1) is 19.6. The van der Waals surface area contributed by atoms with Crippen LogP contribution in [0.2, 0.25) is 0 Å². The van der Waals surface area contributed by atoms with Gasteiger partial charge in [-0.1, -0.05) is 84.6 Å². The summed E-state index contributed by atoms with van der Waals surface area (Å²) in [6.45, 7) is 4.38. The maximum absolute atomic E-state index is 13.4. The predicted octanol–water partition coefficient (Wildman–Crippen LogP) is 4.69. The van der Waals surface area contributed by atoms with Gasteiger partial charge in [0.25, 0.3) is 11.5 Å². The molecule has 2 aromatic carbocycles. The Morgan fingerprint density at radius 1 is 0.929 bits per heavy atom. The van der Waals surface area contributed by atoms with Crippen LogP contribution < -0.4 is 9.88 Å². The highest BCUT2D eigenvalue weighted by Crippen LogP contribution is 2.24. The molecule has 0 unspecified atom stereocenters. The van der Waals surface area contributed by atoms with E-state index in [1.165, 1.54) is 5.56 Å². The van der Waals surface area contributed by atoms with Crippen molar-refractivity contribution >= 4 is 23.2 Å². The van der Waals surface area contributed by atoms with Gasteiger partial charge in [-0.05, 0) is 5.56 Å². The Hall–Kier alpha value is -3.11. The molecule has 1 aromatic heterocycles. The van der Waals surface area contributed by atoms with Crippen LogP contribution in [-0.4, -0.2) is 12.3 Å². The lowest BCUT2D eigenvalue weighted by molar-refractivity contribution is -0.577. The number of allylic oxidation sites excluding steroid dienone is 1. The third-order valence-electron chi connectivity index (χ3n) is 4.07. The molecule has 0 fully saturated rings. The lowest BCUT2D eigenvalue weighted by Crippen LogP contribution is -2.38. The van der Waals surface area contributed by atoms with Gasteiger partial charge < -0.3 is 5.32 Å². The fourth-order valence-corrected chi connectivity index (χ4v) is 3.73. The van der Waals surface area contributed by atoms with Crippen molar-refractivity contribution in [3.8, 4) is 0 Å². The Morgan fingerprint density at radius 3 is 2.18 bits per heavy atom. The van der Waals surface area contributed by atoms with Crippen LogP contribution in [0.4, 0.5) is 0 Å². The first-order valence-corrected chi connectivity index (χ1v) is 10.1. The number of aromatic nitrogens is 1. The van der Waals surface area contributed by atoms with Gasteiger partial charge in [-0.2, -0.15) is 4.57 Å². The van der Waals surface area contributed by atoms with Crippen molar-refractivity contribution in [2.45, 2.75) is 5.75 Å². The molecule has 140 valence electrons. The quantitative estimate of drug-likeness (QED) is 0.250. The van der Waals surface area contributed by atoms with Gasteiger partial charge >= 0.3 is 0 Å². The van der Waals surface area contributed by atoms with Gasteiger partial charge in [0.1, 0.15) is 5.03 Å². The van der Waals surface area contributed by atoms with Crippen molar-refractivity contribution in [3.63, 3.8) is 0 Å². The van der Waals surface area contributed by atoms with Crippen LogP contribution in [0.3, 0.4) is 0 Å². The van der Waals surface area contributed by atoms with Crippen LogP contribution in [0.5, 0.6) is 0 Å². The van der Waals surface area contributed by atoms with Gasteiger partial charge in [0, 0.05) is 30.0 Å². The summed E-state index contributed by atoms with van der Waals surface area (Å²) >= 11 is 1.62. The summed E-state index contributed by atoms with van der Waals surface area (Å²) in [5.41, 5.74) is 2.47. The Balaban J connectivity index is 2.03. The van der Waals surface area contributed by atoms with E-state index in [2.05, 4.69) is 24.0 Å². The molecule has 3 rings (SSSR count). The molecule has 3 aromatic rings. The number of hydrogen-bond donors (Lipinski definition) is 1. The summed E-state index contributed by atoms with van der Waals surface area (Å²) in [5.74, 6) is 0.739. The second-order valence-electron chi connectivity index (χ2n) is 6.10. The Labute approximate surface area is 170 Å². The minimum Gasteiger partial charge on any atom is -0.371 e. The Kier molecular flexibility index (Phi) is 7.21. The molecule has 3 nitrogen and oxygen atoms in total. The van der Waals surface area contributed by atoms with Crippen LogP contribution in [0.15, 0.2) is 109 Å². The van der Waals surface area contributed by atoms with E-state index in [1.54, 1.807) is 17.8 Å². The number of carbonyl (C=O) groups excluding carboxylic acids is 1. The molecule has 0 saturated heterocycles. The molecule has 1 N–H and O–H groups in total. The first-order chi connectivity index (χ1) is 13.8. The summed E-state index contributed by atoms with van der Waals surface area (Å²) in [5, 5.41) is 4.20. The second-order valence-corrected chi connectivity index (χ2v) is 7.09. The Morgan fingerprint density at radius 2 is 1.54 bits per heavy atom. The number of ketones is 1. The van der Waals surface area contributed by atoms with Crippen LogP contribution in [0.1, 0.15) is 15.9 Å². The molecule has 1 heterocycles. The minimum atomic E-state index is -0.0241. The second kappa shape index (κ2) is 10.3. The van der Waals surface area contributed by atoms with Crippen molar-refractivity contribution in [3.05, 3.63) is 120 Å². The highest BCUT2D eigenvalue weighted by molar-refractivity contribution is 8.02. The van der Waals surface area contributed by atoms with Crippen molar-refractivity contribution in [1.82, 2.24) is 5.32 Å². The maximum Gasteiger partial charge on any atom is 0.289 e. The molecule has 28 heavy (non-hydrogen) atoms. The van der Waals surface area contributed by atoms with Gasteiger partial charge in [0.2, 0.25) is 0 Å². The van der Waals surface area contributed by atoms with Gasteiger partial charge in [0.05, 0.1) is 0 Å². The van der Waals surface area contributed by atoms with Crippen LogP contribution in [0.25, 0.3) is 5.70 Å². The monoisotopic (exact) mass is 387 g/mol. The lowest BCUT2D eigenvalue weighted by atomic mass is 10.1.